The van der Waals surface area contributed by atoms with Gasteiger partial charge in [-0.15, -0.1) is 0 Å². The van der Waals surface area contributed by atoms with Gasteiger partial charge in [-0.25, -0.2) is 13.8 Å². The Labute approximate surface area is 103 Å². The fourth-order valence-corrected chi connectivity index (χ4v) is 1.55. The number of carbonyl (C=O) groups excluding carboxylic acids is 1. The maximum absolute atomic E-state index is 12.8. The number of ether oxygens (including phenoxy) is 1. The number of aryl methyl sites for hydroxylation is 1. The Morgan fingerprint density at radius 3 is 2.78 bits per heavy atom. The van der Waals surface area contributed by atoms with Gasteiger partial charge in [0, 0.05) is 0 Å². The first-order valence-electron chi connectivity index (χ1n) is 5.33. The molecule has 0 unspecified atom stereocenters. The highest BCUT2D eigenvalue weighted by molar-refractivity contribution is 5.73. The number of alkyl halides is 2. The number of rotatable bonds is 4. The molecule has 96 valence electrons. The lowest BCUT2D eigenvalue weighted by Gasteiger charge is -2.11. The van der Waals surface area contributed by atoms with E-state index in [1.54, 1.807) is 19.9 Å². The highest BCUT2D eigenvalue weighted by Gasteiger charge is 2.20. The second-order valence-corrected chi connectivity index (χ2v) is 3.58. The van der Waals surface area contributed by atoms with E-state index in [-0.39, 0.29) is 24.3 Å². The van der Waals surface area contributed by atoms with Crippen LogP contribution in [0.15, 0.2) is 6.07 Å². The minimum atomic E-state index is -2.83. The maximum Gasteiger partial charge on any atom is 0.310 e. The third kappa shape index (κ3) is 3.23. The van der Waals surface area contributed by atoms with Crippen LogP contribution in [0.25, 0.3) is 0 Å². The molecule has 1 rings (SSSR count). The predicted molar refractivity (Wildman–Crippen MR) is 59.0 cm³/mol. The van der Waals surface area contributed by atoms with Crippen LogP contribution in [-0.2, 0) is 16.0 Å². The van der Waals surface area contributed by atoms with Gasteiger partial charge in [-0.2, -0.15) is 5.26 Å². The first-order valence-corrected chi connectivity index (χ1v) is 5.33. The highest BCUT2D eigenvalue weighted by atomic mass is 19.3. The molecule has 1 heterocycles. The Balaban J connectivity index is 3.17. The predicted octanol–water partition coefficient (Wildman–Crippen LogP) is 2.30. The topological polar surface area (TPSA) is 63.0 Å². The molecular weight excluding hydrogens is 242 g/mol. The molecule has 6 heteroatoms. The molecule has 0 radical (unpaired) electrons. The third-order valence-corrected chi connectivity index (χ3v) is 2.33. The minimum Gasteiger partial charge on any atom is -0.466 e. The zero-order valence-corrected chi connectivity index (χ0v) is 10.0. The maximum atomic E-state index is 12.8. The van der Waals surface area contributed by atoms with Gasteiger partial charge in [-0.3, -0.25) is 4.79 Å². The van der Waals surface area contributed by atoms with Crippen molar-refractivity contribution in [3.8, 4) is 6.07 Å². The van der Waals surface area contributed by atoms with Crippen molar-refractivity contribution in [1.29, 1.82) is 5.26 Å². The van der Waals surface area contributed by atoms with E-state index >= 15 is 0 Å². The zero-order chi connectivity index (χ0) is 13.7. The molecule has 0 saturated carbocycles. The number of esters is 1. The number of aromatic nitrogens is 1. The van der Waals surface area contributed by atoms with Crippen LogP contribution in [0.2, 0.25) is 0 Å². The smallest absolute Gasteiger partial charge is 0.310 e. The van der Waals surface area contributed by atoms with E-state index in [4.69, 9.17) is 10.00 Å². The number of hydrogen-bond donors (Lipinski definition) is 0. The van der Waals surface area contributed by atoms with Crippen molar-refractivity contribution in [1.82, 2.24) is 4.98 Å². The average Bonchev–Trinajstić information content (AvgIpc) is 2.31. The summed E-state index contributed by atoms with van der Waals surface area (Å²) < 4.78 is 30.4. The molecule has 0 aliphatic carbocycles. The number of carbonyl (C=O) groups is 1. The first-order chi connectivity index (χ1) is 8.49. The molecule has 18 heavy (non-hydrogen) atoms. The molecule has 0 fully saturated rings. The second-order valence-electron chi connectivity index (χ2n) is 3.58. The van der Waals surface area contributed by atoms with Gasteiger partial charge in [0.15, 0.2) is 0 Å². The molecule has 0 spiro atoms. The standard InChI is InChI=1S/C12H12F2N2O2/c1-3-18-10(17)5-9-7(2)4-8(6-15)16-11(9)12(13)14/h4,12H,3,5H2,1-2H3. The molecule has 1 aromatic heterocycles. The summed E-state index contributed by atoms with van der Waals surface area (Å²) in [6.07, 6.45) is -3.10. The number of nitriles is 1. The largest absolute Gasteiger partial charge is 0.466 e. The lowest BCUT2D eigenvalue weighted by Crippen LogP contribution is -2.12. The average molecular weight is 254 g/mol. The van der Waals surface area contributed by atoms with Crippen LogP contribution in [-0.4, -0.2) is 17.6 Å². The van der Waals surface area contributed by atoms with Crippen LogP contribution in [0.4, 0.5) is 8.78 Å². The van der Waals surface area contributed by atoms with Crippen LogP contribution < -0.4 is 0 Å². The third-order valence-electron chi connectivity index (χ3n) is 2.33. The second kappa shape index (κ2) is 6.05. The quantitative estimate of drug-likeness (QED) is 0.773. The van der Waals surface area contributed by atoms with Crippen molar-refractivity contribution in [3.05, 3.63) is 28.6 Å². The Hall–Kier alpha value is -2.03. The normalized spacial score (nSPS) is 10.2. The van der Waals surface area contributed by atoms with Crippen LogP contribution in [0.1, 0.15) is 35.9 Å². The molecular formula is C12H12F2N2O2. The van der Waals surface area contributed by atoms with Gasteiger partial charge in [-0.1, -0.05) is 0 Å². The molecule has 0 saturated heterocycles. The lowest BCUT2D eigenvalue weighted by molar-refractivity contribution is -0.142. The summed E-state index contributed by atoms with van der Waals surface area (Å²) in [5, 5.41) is 8.68. The Morgan fingerprint density at radius 2 is 2.28 bits per heavy atom. The SMILES string of the molecule is CCOC(=O)Cc1c(C)cc(C#N)nc1C(F)F. The molecule has 0 amide bonds. The van der Waals surface area contributed by atoms with Gasteiger partial charge in [0.05, 0.1) is 13.0 Å². The van der Waals surface area contributed by atoms with E-state index in [0.717, 1.165) is 0 Å². The van der Waals surface area contributed by atoms with Crippen molar-refractivity contribution in [2.45, 2.75) is 26.7 Å². The van der Waals surface area contributed by atoms with Gasteiger partial charge in [0.25, 0.3) is 6.43 Å². The molecule has 4 nitrogen and oxygen atoms in total. The van der Waals surface area contributed by atoms with Crippen molar-refractivity contribution in [2.75, 3.05) is 6.61 Å². The molecule has 0 aliphatic rings. The minimum absolute atomic E-state index is 0.0876. The van der Waals surface area contributed by atoms with E-state index in [9.17, 15) is 13.6 Å². The van der Waals surface area contributed by atoms with Gasteiger partial charge >= 0.3 is 5.97 Å². The Bertz CT molecular complexity index is 496. The van der Waals surface area contributed by atoms with Gasteiger partial charge in [0.2, 0.25) is 0 Å². The summed E-state index contributed by atoms with van der Waals surface area (Å²) in [4.78, 5) is 14.9. The van der Waals surface area contributed by atoms with E-state index in [1.165, 1.54) is 6.07 Å². The molecule has 1 aromatic rings. The summed E-state index contributed by atoms with van der Waals surface area (Å²) in [5.74, 6) is -0.589. The summed E-state index contributed by atoms with van der Waals surface area (Å²) >= 11 is 0. The molecule has 0 aliphatic heterocycles. The Kier molecular flexibility index (Phi) is 4.72. The zero-order valence-electron chi connectivity index (χ0n) is 10.0. The highest BCUT2D eigenvalue weighted by Crippen LogP contribution is 2.24. The molecule has 0 atom stereocenters. The van der Waals surface area contributed by atoms with Gasteiger partial charge in [0.1, 0.15) is 17.5 Å². The number of halogens is 2. The van der Waals surface area contributed by atoms with E-state index in [0.29, 0.717) is 5.56 Å². The van der Waals surface area contributed by atoms with Crippen molar-refractivity contribution >= 4 is 5.97 Å². The number of hydrogen-bond acceptors (Lipinski definition) is 4. The number of nitrogens with zero attached hydrogens (tertiary/aromatic N) is 2. The summed E-state index contributed by atoms with van der Waals surface area (Å²) in [6, 6.07) is 3.08. The number of pyridine rings is 1. The van der Waals surface area contributed by atoms with E-state index in [1.807, 2.05) is 0 Å². The monoisotopic (exact) mass is 254 g/mol. The van der Waals surface area contributed by atoms with Crippen LogP contribution in [0.5, 0.6) is 0 Å². The van der Waals surface area contributed by atoms with Crippen molar-refractivity contribution < 1.29 is 18.3 Å². The fourth-order valence-electron chi connectivity index (χ4n) is 1.55. The Morgan fingerprint density at radius 1 is 1.61 bits per heavy atom. The van der Waals surface area contributed by atoms with Crippen LogP contribution in [0.3, 0.4) is 0 Å². The molecule has 0 N–H and O–H groups in total. The van der Waals surface area contributed by atoms with Crippen molar-refractivity contribution in [3.63, 3.8) is 0 Å². The molecule has 0 bridgehead atoms. The van der Waals surface area contributed by atoms with E-state index in [2.05, 4.69) is 4.98 Å². The lowest BCUT2D eigenvalue weighted by atomic mass is 10.0. The fraction of sp³-hybridized carbons (Fsp3) is 0.417. The molecule has 0 aromatic carbocycles. The summed E-state index contributed by atoms with van der Waals surface area (Å²) in [5.41, 5.74) is -0.0534. The van der Waals surface area contributed by atoms with Crippen LogP contribution >= 0.6 is 0 Å². The first kappa shape index (κ1) is 14.0. The van der Waals surface area contributed by atoms with Crippen LogP contribution in [0, 0.1) is 18.3 Å². The van der Waals surface area contributed by atoms with Crippen molar-refractivity contribution in [2.24, 2.45) is 0 Å². The van der Waals surface area contributed by atoms with E-state index < -0.39 is 18.1 Å². The summed E-state index contributed by atoms with van der Waals surface area (Å²) in [6.45, 7) is 3.38. The van der Waals surface area contributed by atoms with Gasteiger partial charge in [-0.05, 0) is 31.0 Å². The van der Waals surface area contributed by atoms with Gasteiger partial charge < -0.3 is 4.74 Å². The summed E-state index contributed by atoms with van der Waals surface area (Å²) in [7, 11) is 0.